The van der Waals surface area contributed by atoms with Gasteiger partial charge in [0.2, 0.25) is 5.91 Å². The van der Waals surface area contributed by atoms with Crippen LogP contribution in [0.5, 0.6) is 11.5 Å². The van der Waals surface area contributed by atoms with Crippen molar-refractivity contribution in [3.05, 3.63) is 59.2 Å². The van der Waals surface area contributed by atoms with E-state index in [2.05, 4.69) is 10.5 Å². The molecule has 0 bridgehead atoms. The molecule has 146 valence electrons. The van der Waals surface area contributed by atoms with Crippen LogP contribution >= 0.6 is 0 Å². The Hall–Kier alpha value is -3.54. The van der Waals surface area contributed by atoms with Crippen LogP contribution in [0.3, 0.4) is 0 Å². The van der Waals surface area contributed by atoms with Crippen molar-refractivity contribution in [1.82, 2.24) is 5.43 Å². The molecule has 0 unspecified atom stereocenters. The van der Waals surface area contributed by atoms with E-state index in [0.29, 0.717) is 17.1 Å². The zero-order chi connectivity index (χ0) is 20.6. The number of benzene rings is 2. The standard InChI is InChI=1S/C19H16F3N3O3/c1-27-17-10-14(5-6-16(17)28-8-7-23)12-24-25-18(26)11-13-3-2-4-15(9-13)19(20,21)22/h2-6,9-10,12H,8,11H2,1H3,(H,25,26). The van der Waals surface area contributed by atoms with Crippen molar-refractivity contribution in [3.8, 4) is 17.6 Å². The van der Waals surface area contributed by atoms with Gasteiger partial charge in [0.25, 0.3) is 0 Å². The van der Waals surface area contributed by atoms with E-state index in [4.69, 9.17) is 14.7 Å². The first-order valence-electron chi connectivity index (χ1n) is 7.99. The van der Waals surface area contributed by atoms with Crippen LogP contribution in [0.4, 0.5) is 13.2 Å². The molecule has 1 N–H and O–H groups in total. The van der Waals surface area contributed by atoms with Gasteiger partial charge in [0.1, 0.15) is 6.07 Å². The number of alkyl halides is 3. The predicted octanol–water partition coefficient (Wildman–Crippen LogP) is 3.31. The summed E-state index contributed by atoms with van der Waals surface area (Å²) in [6.45, 7) is -0.130. The van der Waals surface area contributed by atoms with Crippen LogP contribution in [0.15, 0.2) is 47.6 Å². The van der Waals surface area contributed by atoms with E-state index in [-0.39, 0.29) is 18.6 Å². The molecule has 0 heterocycles. The molecule has 0 atom stereocenters. The van der Waals surface area contributed by atoms with Gasteiger partial charge in [-0.2, -0.15) is 23.5 Å². The van der Waals surface area contributed by atoms with Gasteiger partial charge in [-0.3, -0.25) is 4.79 Å². The Labute approximate surface area is 159 Å². The van der Waals surface area contributed by atoms with Gasteiger partial charge < -0.3 is 9.47 Å². The Bertz CT molecular complexity index is 905. The van der Waals surface area contributed by atoms with E-state index in [1.54, 1.807) is 18.2 Å². The molecule has 28 heavy (non-hydrogen) atoms. The topological polar surface area (TPSA) is 83.7 Å². The number of hydrazone groups is 1. The summed E-state index contributed by atoms with van der Waals surface area (Å²) in [6.07, 6.45) is -3.36. The normalized spacial score (nSPS) is 11.1. The van der Waals surface area contributed by atoms with Gasteiger partial charge in [-0.1, -0.05) is 18.2 Å². The number of amides is 1. The minimum absolute atomic E-state index is 0.130. The molecule has 2 aromatic rings. The predicted molar refractivity (Wildman–Crippen MR) is 95.0 cm³/mol. The second-order valence-corrected chi connectivity index (χ2v) is 5.53. The highest BCUT2D eigenvalue weighted by Gasteiger charge is 2.30. The zero-order valence-electron chi connectivity index (χ0n) is 14.8. The Morgan fingerprint density at radius 3 is 2.71 bits per heavy atom. The van der Waals surface area contributed by atoms with Crippen molar-refractivity contribution >= 4 is 12.1 Å². The fourth-order valence-electron chi connectivity index (χ4n) is 2.26. The van der Waals surface area contributed by atoms with Gasteiger partial charge in [0, 0.05) is 0 Å². The number of halogens is 3. The Balaban J connectivity index is 1.97. The van der Waals surface area contributed by atoms with Crippen LogP contribution in [0, 0.1) is 11.3 Å². The molecule has 0 radical (unpaired) electrons. The monoisotopic (exact) mass is 391 g/mol. The van der Waals surface area contributed by atoms with Gasteiger partial charge in [-0.05, 0) is 35.4 Å². The van der Waals surface area contributed by atoms with E-state index in [1.165, 1.54) is 25.5 Å². The lowest BCUT2D eigenvalue weighted by molar-refractivity contribution is -0.137. The molecular weight excluding hydrogens is 375 g/mol. The number of nitriles is 1. The summed E-state index contributed by atoms with van der Waals surface area (Å²) >= 11 is 0. The van der Waals surface area contributed by atoms with E-state index >= 15 is 0 Å². The van der Waals surface area contributed by atoms with Gasteiger partial charge in [0.15, 0.2) is 18.1 Å². The minimum atomic E-state index is -4.47. The van der Waals surface area contributed by atoms with Crippen LogP contribution in [0.25, 0.3) is 0 Å². The van der Waals surface area contributed by atoms with Crippen molar-refractivity contribution in [2.45, 2.75) is 12.6 Å². The van der Waals surface area contributed by atoms with Crippen molar-refractivity contribution < 1.29 is 27.4 Å². The number of carbonyl (C=O) groups excluding carboxylic acids is 1. The van der Waals surface area contributed by atoms with Crippen molar-refractivity contribution in [1.29, 1.82) is 5.26 Å². The summed E-state index contributed by atoms with van der Waals surface area (Å²) in [7, 11) is 1.44. The zero-order valence-corrected chi connectivity index (χ0v) is 14.8. The lowest BCUT2D eigenvalue weighted by Crippen LogP contribution is -2.20. The van der Waals surface area contributed by atoms with Crippen LogP contribution in [0.2, 0.25) is 0 Å². The maximum absolute atomic E-state index is 12.7. The van der Waals surface area contributed by atoms with Gasteiger partial charge in [-0.15, -0.1) is 0 Å². The number of nitrogens with zero attached hydrogens (tertiary/aromatic N) is 2. The van der Waals surface area contributed by atoms with E-state index in [9.17, 15) is 18.0 Å². The molecule has 9 heteroatoms. The smallest absolute Gasteiger partial charge is 0.416 e. The number of methoxy groups -OCH3 is 1. The first-order valence-corrected chi connectivity index (χ1v) is 7.99. The first-order chi connectivity index (χ1) is 13.3. The second-order valence-electron chi connectivity index (χ2n) is 5.53. The van der Waals surface area contributed by atoms with Crippen molar-refractivity contribution in [3.63, 3.8) is 0 Å². The molecule has 0 spiro atoms. The fraction of sp³-hybridized carbons (Fsp3) is 0.211. The highest BCUT2D eigenvalue weighted by molar-refractivity contribution is 5.84. The third-order valence-electron chi connectivity index (χ3n) is 3.50. The molecule has 0 fully saturated rings. The number of hydrogen-bond acceptors (Lipinski definition) is 5. The number of ether oxygens (including phenoxy) is 2. The highest BCUT2D eigenvalue weighted by Crippen LogP contribution is 2.29. The molecule has 0 aliphatic carbocycles. The second kappa shape index (κ2) is 9.41. The molecule has 0 aliphatic heterocycles. The summed E-state index contributed by atoms with van der Waals surface area (Å²) in [5.41, 5.74) is 2.25. The third-order valence-corrected chi connectivity index (χ3v) is 3.50. The number of rotatable bonds is 7. The molecule has 2 rings (SSSR count). The molecule has 0 saturated heterocycles. The molecule has 0 aliphatic rings. The highest BCUT2D eigenvalue weighted by atomic mass is 19.4. The Kier molecular flexibility index (Phi) is 6.98. The fourth-order valence-corrected chi connectivity index (χ4v) is 2.26. The van der Waals surface area contributed by atoms with Crippen LogP contribution < -0.4 is 14.9 Å². The maximum Gasteiger partial charge on any atom is 0.416 e. The Morgan fingerprint density at radius 1 is 1.25 bits per heavy atom. The Morgan fingerprint density at radius 2 is 2.04 bits per heavy atom. The SMILES string of the molecule is COc1cc(C=NNC(=O)Cc2cccc(C(F)(F)F)c2)ccc1OCC#N. The quantitative estimate of drug-likeness (QED) is 0.580. The van der Waals surface area contributed by atoms with Gasteiger partial charge >= 0.3 is 6.18 Å². The van der Waals surface area contributed by atoms with Crippen LogP contribution in [-0.4, -0.2) is 25.8 Å². The number of nitrogens with one attached hydrogen (secondary N) is 1. The van der Waals surface area contributed by atoms with E-state index in [1.807, 2.05) is 6.07 Å². The lowest BCUT2D eigenvalue weighted by Gasteiger charge is -2.09. The van der Waals surface area contributed by atoms with E-state index in [0.717, 1.165) is 12.1 Å². The average Bonchev–Trinajstić information content (AvgIpc) is 2.66. The summed E-state index contributed by atoms with van der Waals surface area (Å²) in [5, 5.41) is 12.3. The molecule has 1 amide bonds. The van der Waals surface area contributed by atoms with Gasteiger partial charge in [-0.25, -0.2) is 5.43 Å². The van der Waals surface area contributed by atoms with Crippen molar-refractivity contribution in [2.75, 3.05) is 13.7 Å². The van der Waals surface area contributed by atoms with Crippen LogP contribution in [-0.2, 0) is 17.4 Å². The summed E-state index contributed by atoms with van der Waals surface area (Å²) in [6, 6.07) is 11.2. The van der Waals surface area contributed by atoms with Crippen LogP contribution in [0.1, 0.15) is 16.7 Å². The molecule has 0 aromatic heterocycles. The van der Waals surface area contributed by atoms with Gasteiger partial charge in [0.05, 0.1) is 25.3 Å². The summed E-state index contributed by atoms with van der Waals surface area (Å²) in [4.78, 5) is 11.9. The first kappa shape index (κ1) is 20.8. The summed E-state index contributed by atoms with van der Waals surface area (Å²) in [5.74, 6) is 0.209. The number of carbonyl (C=O) groups is 1. The molecule has 2 aromatic carbocycles. The third kappa shape index (κ3) is 6.02. The largest absolute Gasteiger partial charge is 0.493 e. The summed E-state index contributed by atoms with van der Waals surface area (Å²) < 4.78 is 48.4. The molecule has 0 saturated carbocycles. The minimum Gasteiger partial charge on any atom is -0.493 e. The van der Waals surface area contributed by atoms with E-state index < -0.39 is 17.6 Å². The maximum atomic E-state index is 12.7. The molecular formula is C19H16F3N3O3. The lowest BCUT2D eigenvalue weighted by atomic mass is 10.1. The number of hydrogen-bond donors (Lipinski definition) is 1. The van der Waals surface area contributed by atoms with Crippen molar-refractivity contribution in [2.24, 2.45) is 5.10 Å². The average molecular weight is 391 g/mol. The molecule has 6 nitrogen and oxygen atoms in total.